The number of hydrogen-bond donors (Lipinski definition) is 9. The third kappa shape index (κ3) is 24.2. The summed E-state index contributed by atoms with van der Waals surface area (Å²) in [5.74, 6) is -0.217. The van der Waals surface area contributed by atoms with E-state index in [4.69, 9.17) is 18.9 Å². The second-order valence-corrected chi connectivity index (χ2v) is 17.9. The van der Waals surface area contributed by atoms with Crippen LogP contribution in [0.2, 0.25) is 0 Å². The Morgan fingerprint density at radius 1 is 0.571 bits per heavy atom. The van der Waals surface area contributed by atoms with Crippen molar-refractivity contribution in [2.24, 2.45) is 0 Å². The molecule has 2 rings (SSSR count). The average molecular weight is 902 g/mol. The number of aliphatic hydroxyl groups excluding tert-OH is 8. The lowest BCUT2D eigenvalue weighted by molar-refractivity contribution is -0.359. The smallest absolute Gasteiger partial charge is 0.220 e. The Kier molecular flexibility index (Phi) is 33.4. The first kappa shape index (κ1) is 57.6. The number of carbonyl (C=O) groups excluding carboxylic acids is 1. The number of rotatable bonds is 38. The number of nitrogens with one attached hydrogen (secondary N) is 1. The largest absolute Gasteiger partial charge is 0.394 e. The number of unbranched alkanes of at least 4 members (excludes halogenated alkanes) is 21. The molecule has 0 aromatic rings. The first-order chi connectivity index (χ1) is 30.6. The van der Waals surface area contributed by atoms with Gasteiger partial charge in [0.15, 0.2) is 12.6 Å². The molecule has 0 bridgehead atoms. The lowest BCUT2D eigenvalue weighted by atomic mass is 9.97. The van der Waals surface area contributed by atoms with Gasteiger partial charge in [0.05, 0.1) is 32.0 Å². The van der Waals surface area contributed by atoms with Crippen LogP contribution in [0, 0.1) is 0 Å². The average Bonchev–Trinajstić information content (AvgIpc) is 3.28. The van der Waals surface area contributed by atoms with Crippen LogP contribution in [0.4, 0.5) is 0 Å². The lowest BCUT2D eigenvalue weighted by Gasteiger charge is -2.46. The SMILES string of the molecule is CCCCCCC/C=C\C/C=C\CCCCCCCCCCCCCCCC(=O)NC(COC1OC(CO)C(OC2OC(CO)C(O)C(O)C2O)C(O)C1O)C(O)CCCCCC. The van der Waals surface area contributed by atoms with Crippen LogP contribution in [-0.2, 0) is 23.7 Å². The quantitative estimate of drug-likeness (QED) is 0.0250. The molecule has 0 aliphatic carbocycles. The third-order valence-corrected chi connectivity index (χ3v) is 12.4. The summed E-state index contributed by atoms with van der Waals surface area (Å²) in [6.45, 7) is 2.70. The predicted octanol–water partition coefficient (Wildman–Crippen LogP) is 6.16. The third-order valence-electron chi connectivity index (χ3n) is 12.4. The monoisotopic (exact) mass is 902 g/mol. The number of aliphatic hydroxyl groups is 8. The molecule has 63 heavy (non-hydrogen) atoms. The van der Waals surface area contributed by atoms with E-state index in [-0.39, 0.29) is 12.5 Å². The molecule has 12 atom stereocenters. The Bertz CT molecular complexity index is 1160. The number of amides is 1. The summed E-state index contributed by atoms with van der Waals surface area (Å²) >= 11 is 0. The second-order valence-electron chi connectivity index (χ2n) is 17.9. The van der Waals surface area contributed by atoms with E-state index in [1.807, 2.05) is 0 Å². The van der Waals surface area contributed by atoms with Crippen LogP contribution in [0.25, 0.3) is 0 Å². The Balaban J connectivity index is 1.63. The molecular formula is C49H91NO13. The molecule has 370 valence electrons. The molecule has 2 aliphatic heterocycles. The summed E-state index contributed by atoms with van der Waals surface area (Å²) in [5.41, 5.74) is 0. The van der Waals surface area contributed by atoms with Gasteiger partial charge in [-0.05, 0) is 44.9 Å². The van der Waals surface area contributed by atoms with Crippen molar-refractivity contribution >= 4 is 5.91 Å². The van der Waals surface area contributed by atoms with Gasteiger partial charge < -0.3 is 65.1 Å². The Labute approximate surface area is 379 Å². The van der Waals surface area contributed by atoms with Crippen molar-refractivity contribution in [3.05, 3.63) is 24.3 Å². The van der Waals surface area contributed by atoms with Crippen LogP contribution in [-0.4, -0.2) is 140 Å². The van der Waals surface area contributed by atoms with E-state index in [9.17, 15) is 45.6 Å². The highest BCUT2D eigenvalue weighted by atomic mass is 16.7. The summed E-state index contributed by atoms with van der Waals surface area (Å²) in [5, 5.41) is 86.1. The fourth-order valence-electron chi connectivity index (χ4n) is 8.27. The number of allylic oxidation sites excluding steroid dienone is 4. The van der Waals surface area contributed by atoms with E-state index in [1.54, 1.807) is 0 Å². The number of hydrogen-bond acceptors (Lipinski definition) is 13. The Morgan fingerprint density at radius 2 is 1.05 bits per heavy atom. The van der Waals surface area contributed by atoms with Gasteiger partial charge in [-0.25, -0.2) is 0 Å². The zero-order valence-electron chi connectivity index (χ0n) is 39.1. The van der Waals surface area contributed by atoms with Gasteiger partial charge in [0.2, 0.25) is 5.91 Å². The van der Waals surface area contributed by atoms with Gasteiger partial charge in [0, 0.05) is 6.42 Å². The van der Waals surface area contributed by atoms with Crippen LogP contribution < -0.4 is 5.32 Å². The minimum atomic E-state index is -1.78. The van der Waals surface area contributed by atoms with Gasteiger partial charge >= 0.3 is 0 Å². The van der Waals surface area contributed by atoms with E-state index in [0.29, 0.717) is 12.8 Å². The van der Waals surface area contributed by atoms with Gasteiger partial charge in [-0.3, -0.25) is 4.79 Å². The molecular weight excluding hydrogens is 811 g/mol. The molecule has 0 saturated carbocycles. The highest BCUT2D eigenvalue weighted by Gasteiger charge is 2.51. The molecule has 14 nitrogen and oxygen atoms in total. The maximum absolute atomic E-state index is 13.0. The van der Waals surface area contributed by atoms with E-state index in [1.165, 1.54) is 103 Å². The van der Waals surface area contributed by atoms with Crippen molar-refractivity contribution in [3.63, 3.8) is 0 Å². The van der Waals surface area contributed by atoms with Crippen molar-refractivity contribution in [2.75, 3.05) is 19.8 Å². The molecule has 2 aliphatic rings. The van der Waals surface area contributed by atoms with E-state index < -0.39 is 86.8 Å². The molecule has 2 heterocycles. The first-order valence-corrected chi connectivity index (χ1v) is 25.1. The minimum absolute atomic E-state index is 0.217. The van der Waals surface area contributed by atoms with Gasteiger partial charge in [0.25, 0.3) is 0 Å². The predicted molar refractivity (Wildman–Crippen MR) is 245 cm³/mol. The summed E-state index contributed by atoms with van der Waals surface area (Å²) in [6, 6.07) is -0.822. The topological polar surface area (TPSA) is 228 Å². The molecule has 0 radical (unpaired) electrons. The van der Waals surface area contributed by atoms with Crippen LogP contribution in [0.3, 0.4) is 0 Å². The summed E-state index contributed by atoms with van der Waals surface area (Å²) in [7, 11) is 0. The van der Waals surface area contributed by atoms with Crippen LogP contribution in [0.1, 0.15) is 187 Å². The molecule has 14 heteroatoms. The zero-order valence-corrected chi connectivity index (χ0v) is 39.1. The highest BCUT2D eigenvalue weighted by Crippen LogP contribution is 2.30. The number of ether oxygens (including phenoxy) is 4. The zero-order chi connectivity index (χ0) is 46.1. The summed E-state index contributed by atoms with van der Waals surface area (Å²) in [4.78, 5) is 13.0. The van der Waals surface area contributed by atoms with Crippen LogP contribution in [0.5, 0.6) is 0 Å². The standard InChI is InChI=1S/C49H91NO13/c1-3-5-7-9-10-11-12-13-14-15-16-17-18-19-20-21-22-23-24-25-26-27-28-29-31-33-41(54)50-37(38(53)32-30-8-6-4-2)36-60-48-46(59)44(57)47(40(35-52)62-48)63-49-45(58)43(56)42(55)39(34-51)61-49/h12-13,15-16,37-40,42-49,51-53,55-59H,3-11,14,17-36H2,1-2H3,(H,50,54)/b13-12-,16-15-. The van der Waals surface area contributed by atoms with Crippen LogP contribution in [0.15, 0.2) is 24.3 Å². The second kappa shape index (κ2) is 36.6. The molecule has 2 fully saturated rings. The molecule has 0 spiro atoms. The maximum Gasteiger partial charge on any atom is 0.220 e. The fourth-order valence-corrected chi connectivity index (χ4v) is 8.27. The van der Waals surface area contributed by atoms with Crippen LogP contribution >= 0.6 is 0 Å². The van der Waals surface area contributed by atoms with Crippen molar-refractivity contribution < 1.29 is 64.6 Å². The van der Waals surface area contributed by atoms with Gasteiger partial charge in [-0.2, -0.15) is 0 Å². The van der Waals surface area contributed by atoms with E-state index in [2.05, 4.69) is 43.5 Å². The van der Waals surface area contributed by atoms with Crippen molar-refractivity contribution in [3.8, 4) is 0 Å². The van der Waals surface area contributed by atoms with E-state index >= 15 is 0 Å². The molecule has 12 unspecified atom stereocenters. The van der Waals surface area contributed by atoms with Gasteiger partial charge in [-0.15, -0.1) is 0 Å². The molecule has 0 aromatic heterocycles. The minimum Gasteiger partial charge on any atom is -0.394 e. The summed E-state index contributed by atoms with van der Waals surface area (Å²) < 4.78 is 22.6. The highest BCUT2D eigenvalue weighted by molar-refractivity contribution is 5.76. The maximum atomic E-state index is 13.0. The normalized spacial score (nSPS) is 27.7. The lowest BCUT2D eigenvalue weighted by Crippen LogP contribution is -2.65. The van der Waals surface area contributed by atoms with Gasteiger partial charge in [0.1, 0.15) is 48.8 Å². The molecule has 1 amide bonds. The van der Waals surface area contributed by atoms with E-state index in [0.717, 1.165) is 57.8 Å². The fraction of sp³-hybridized carbons (Fsp3) is 0.898. The molecule has 2 saturated heterocycles. The molecule has 9 N–H and O–H groups in total. The van der Waals surface area contributed by atoms with Crippen molar-refractivity contribution in [1.82, 2.24) is 5.32 Å². The van der Waals surface area contributed by atoms with Crippen molar-refractivity contribution in [1.29, 1.82) is 0 Å². The number of carbonyl (C=O) groups is 1. The van der Waals surface area contributed by atoms with Gasteiger partial charge in [-0.1, -0.05) is 160 Å². The Morgan fingerprint density at radius 3 is 1.59 bits per heavy atom. The molecule has 0 aromatic carbocycles. The summed E-state index contributed by atoms with van der Waals surface area (Å²) in [6.07, 6.45) is 22.8. The first-order valence-electron chi connectivity index (χ1n) is 25.1. The Hall–Kier alpha value is -1.53. The van der Waals surface area contributed by atoms with Crippen molar-refractivity contribution in [2.45, 2.75) is 261 Å².